The van der Waals surface area contributed by atoms with Gasteiger partial charge in [-0.3, -0.25) is 0 Å². The van der Waals surface area contributed by atoms with E-state index in [1.54, 1.807) is 0 Å². The van der Waals surface area contributed by atoms with Gasteiger partial charge in [0.15, 0.2) is 0 Å². The van der Waals surface area contributed by atoms with Crippen molar-refractivity contribution in [2.45, 2.75) is 22.0 Å². The Balaban J connectivity index is 2.18. The number of aliphatic hydroxyl groups excluding tert-OH is 1. The van der Waals surface area contributed by atoms with Gasteiger partial charge in [-0.2, -0.15) is 13.2 Å². The summed E-state index contributed by atoms with van der Waals surface area (Å²) in [4.78, 5) is -1.16. The SMILES string of the molecule is O=S(=O)(c1ccccc1C(F)(F)F)c1cccc2c1NC(CO)CO2. The molecule has 0 spiro atoms. The predicted molar refractivity (Wildman–Crippen MR) is 83.3 cm³/mol. The summed E-state index contributed by atoms with van der Waals surface area (Å²) >= 11 is 0. The molecule has 0 aliphatic carbocycles. The third-order valence-electron chi connectivity index (χ3n) is 3.77. The van der Waals surface area contributed by atoms with Crippen molar-refractivity contribution in [3.05, 3.63) is 48.0 Å². The zero-order valence-corrected chi connectivity index (χ0v) is 13.6. The summed E-state index contributed by atoms with van der Waals surface area (Å²) in [6.45, 7) is -0.195. The molecule has 134 valence electrons. The second kappa shape index (κ2) is 6.23. The van der Waals surface area contributed by atoms with Gasteiger partial charge in [0, 0.05) is 0 Å². The Labute approximate surface area is 142 Å². The molecule has 1 unspecified atom stereocenters. The van der Waals surface area contributed by atoms with E-state index in [1.807, 2.05) is 0 Å². The maximum absolute atomic E-state index is 13.2. The fourth-order valence-electron chi connectivity index (χ4n) is 2.59. The topological polar surface area (TPSA) is 75.6 Å². The molecule has 3 rings (SSSR count). The maximum Gasteiger partial charge on any atom is 0.417 e. The van der Waals surface area contributed by atoms with Gasteiger partial charge >= 0.3 is 6.18 Å². The summed E-state index contributed by atoms with van der Waals surface area (Å²) in [6.07, 6.45) is -4.81. The lowest BCUT2D eigenvalue weighted by molar-refractivity contribution is -0.139. The highest BCUT2D eigenvalue weighted by molar-refractivity contribution is 7.91. The molecule has 0 radical (unpaired) electrons. The molecule has 0 saturated carbocycles. The molecular weight excluding hydrogens is 359 g/mol. The van der Waals surface area contributed by atoms with Crippen LogP contribution in [0.4, 0.5) is 18.9 Å². The number of benzene rings is 2. The fraction of sp³-hybridized carbons (Fsp3) is 0.250. The number of hydrogen-bond donors (Lipinski definition) is 2. The lowest BCUT2D eigenvalue weighted by Gasteiger charge is -2.28. The summed E-state index contributed by atoms with van der Waals surface area (Å²) < 4.78 is 70.8. The lowest BCUT2D eigenvalue weighted by atomic mass is 10.2. The third-order valence-corrected chi connectivity index (χ3v) is 5.62. The Bertz CT molecular complexity index is 896. The van der Waals surface area contributed by atoms with E-state index in [1.165, 1.54) is 24.3 Å². The molecule has 0 amide bonds. The average molecular weight is 373 g/mol. The molecule has 9 heteroatoms. The molecule has 2 N–H and O–H groups in total. The highest BCUT2D eigenvalue weighted by Gasteiger charge is 2.38. The largest absolute Gasteiger partial charge is 0.489 e. The maximum atomic E-state index is 13.2. The van der Waals surface area contributed by atoms with Gasteiger partial charge in [-0.15, -0.1) is 0 Å². The van der Waals surface area contributed by atoms with Crippen molar-refractivity contribution < 1.29 is 31.4 Å². The van der Waals surface area contributed by atoms with Crippen LogP contribution < -0.4 is 10.1 Å². The number of fused-ring (bicyclic) bond motifs is 1. The van der Waals surface area contributed by atoms with Crippen molar-refractivity contribution in [1.82, 2.24) is 0 Å². The molecule has 0 aromatic heterocycles. The summed E-state index contributed by atoms with van der Waals surface area (Å²) in [5.74, 6) is 0.204. The Morgan fingerprint density at radius 3 is 2.48 bits per heavy atom. The van der Waals surface area contributed by atoms with Crippen LogP contribution in [0, 0.1) is 0 Å². The number of hydrogen-bond acceptors (Lipinski definition) is 5. The highest BCUT2D eigenvalue weighted by atomic mass is 32.2. The molecule has 2 aromatic carbocycles. The number of rotatable bonds is 3. The number of halogens is 3. The van der Waals surface area contributed by atoms with Gasteiger partial charge in [-0.25, -0.2) is 8.42 Å². The monoisotopic (exact) mass is 373 g/mol. The lowest BCUT2D eigenvalue weighted by Crippen LogP contribution is -2.35. The third kappa shape index (κ3) is 3.16. The van der Waals surface area contributed by atoms with Crippen LogP contribution in [0.5, 0.6) is 5.75 Å². The highest BCUT2D eigenvalue weighted by Crippen LogP contribution is 2.41. The second-order valence-corrected chi connectivity index (χ2v) is 7.35. The Morgan fingerprint density at radius 1 is 1.12 bits per heavy atom. The van der Waals surface area contributed by atoms with Crippen LogP contribution in [0.3, 0.4) is 0 Å². The number of ether oxygens (including phenoxy) is 1. The van der Waals surface area contributed by atoms with Crippen molar-refractivity contribution in [2.24, 2.45) is 0 Å². The van der Waals surface area contributed by atoms with Crippen molar-refractivity contribution >= 4 is 15.5 Å². The van der Waals surface area contributed by atoms with Crippen molar-refractivity contribution in [2.75, 3.05) is 18.5 Å². The first-order valence-corrected chi connectivity index (χ1v) is 8.78. The first-order chi connectivity index (χ1) is 11.7. The minimum Gasteiger partial charge on any atom is -0.489 e. The molecule has 0 saturated heterocycles. The van der Waals surface area contributed by atoms with Crippen LogP contribution >= 0.6 is 0 Å². The Hall–Kier alpha value is -2.26. The number of para-hydroxylation sites is 1. The van der Waals surface area contributed by atoms with Crippen LogP contribution in [0.15, 0.2) is 52.3 Å². The smallest absolute Gasteiger partial charge is 0.417 e. The van der Waals surface area contributed by atoms with E-state index in [0.29, 0.717) is 0 Å². The van der Waals surface area contributed by atoms with Crippen molar-refractivity contribution in [1.29, 1.82) is 0 Å². The van der Waals surface area contributed by atoms with Gasteiger partial charge in [0.2, 0.25) is 9.84 Å². The zero-order chi connectivity index (χ0) is 18.2. The van der Waals surface area contributed by atoms with Crippen LogP contribution in [0.2, 0.25) is 0 Å². The van der Waals surface area contributed by atoms with Crippen LogP contribution in [-0.2, 0) is 16.0 Å². The van der Waals surface area contributed by atoms with Crippen LogP contribution in [0.25, 0.3) is 0 Å². The van der Waals surface area contributed by atoms with Gasteiger partial charge in [-0.05, 0) is 24.3 Å². The number of anilines is 1. The van der Waals surface area contributed by atoms with E-state index in [-0.39, 0.29) is 29.5 Å². The molecule has 1 aliphatic heterocycles. The second-order valence-electron chi connectivity index (χ2n) is 5.46. The molecule has 2 aromatic rings. The quantitative estimate of drug-likeness (QED) is 0.865. The Kier molecular flexibility index (Phi) is 4.38. The minimum absolute atomic E-state index is 0.0461. The van der Waals surface area contributed by atoms with Gasteiger partial charge < -0.3 is 15.2 Å². The normalized spacial score (nSPS) is 17.4. The summed E-state index contributed by atoms with van der Waals surface area (Å²) in [5, 5.41) is 12.1. The molecule has 0 fully saturated rings. The zero-order valence-electron chi connectivity index (χ0n) is 12.7. The van der Waals surface area contributed by atoms with E-state index in [0.717, 1.165) is 18.2 Å². The molecule has 5 nitrogen and oxygen atoms in total. The van der Waals surface area contributed by atoms with Gasteiger partial charge in [0.1, 0.15) is 12.4 Å². The van der Waals surface area contributed by atoms with Gasteiger partial charge in [0.25, 0.3) is 0 Å². The van der Waals surface area contributed by atoms with Crippen LogP contribution in [-0.4, -0.2) is 32.8 Å². The predicted octanol–water partition coefficient (Wildman–Crippen LogP) is 2.70. The fourth-order valence-corrected chi connectivity index (χ4v) is 4.24. The first-order valence-electron chi connectivity index (χ1n) is 7.29. The minimum atomic E-state index is -4.81. The number of sulfone groups is 1. The van der Waals surface area contributed by atoms with E-state index >= 15 is 0 Å². The van der Waals surface area contributed by atoms with E-state index in [9.17, 15) is 26.7 Å². The molecule has 1 heterocycles. The molecule has 1 atom stereocenters. The first kappa shape index (κ1) is 17.6. The molecular formula is C16H14F3NO4S. The van der Waals surface area contributed by atoms with E-state index in [2.05, 4.69) is 5.32 Å². The molecule has 25 heavy (non-hydrogen) atoms. The average Bonchev–Trinajstić information content (AvgIpc) is 2.60. The van der Waals surface area contributed by atoms with E-state index < -0.39 is 32.5 Å². The Morgan fingerprint density at radius 2 is 1.80 bits per heavy atom. The van der Waals surface area contributed by atoms with Crippen LogP contribution in [0.1, 0.15) is 5.56 Å². The van der Waals surface area contributed by atoms with Gasteiger partial charge in [0.05, 0.1) is 33.7 Å². The van der Waals surface area contributed by atoms with E-state index in [4.69, 9.17) is 4.74 Å². The number of alkyl halides is 3. The standard InChI is InChI=1S/C16H14F3NO4S/c17-16(18,19)11-4-1-2-6-13(11)25(22,23)14-7-3-5-12-15(14)20-10(8-21)9-24-12/h1-7,10,20-21H,8-9H2. The summed E-state index contributed by atoms with van der Waals surface area (Å²) in [5.41, 5.74) is -1.19. The molecule has 0 bridgehead atoms. The number of aliphatic hydroxyl groups is 1. The van der Waals surface area contributed by atoms with Crippen molar-refractivity contribution in [3.8, 4) is 5.75 Å². The molecule has 1 aliphatic rings. The summed E-state index contributed by atoms with van der Waals surface area (Å²) in [7, 11) is -4.47. The van der Waals surface area contributed by atoms with Crippen molar-refractivity contribution in [3.63, 3.8) is 0 Å². The number of nitrogens with one attached hydrogen (secondary N) is 1. The summed E-state index contributed by atoms with van der Waals surface area (Å²) in [6, 6.07) is 7.56. The van der Waals surface area contributed by atoms with Gasteiger partial charge in [-0.1, -0.05) is 18.2 Å².